The van der Waals surface area contributed by atoms with Crippen LogP contribution in [0.3, 0.4) is 0 Å². The van der Waals surface area contributed by atoms with Crippen LogP contribution in [0.5, 0.6) is 11.5 Å². The number of hydrogen-bond acceptors (Lipinski definition) is 5. The van der Waals surface area contributed by atoms with Crippen molar-refractivity contribution in [3.05, 3.63) is 50.3 Å². The fraction of sp³-hybridized carbons (Fsp3) is 0.286. The third-order valence-corrected chi connectivity index (χ3v) is 2.78. The quantitative estimate of drug-likeness (QED) is 0.794. The Hall–Kier alpha value is -2.30. The van der Waals surface area contributed by atoms with E-state index in [0.29, 0.717) is 13.2 Å². The van der Waals surface area contributed by atoms with Gasteiger partial charge in [0.15, 0.2) is 5.75 Å². The molecule has 0 aliphatic carbocycles. The molecule has 2 rings (SSSR count). The zero-order valence-electron chi connectivity index (χ0n) is 10.9. The molecule has 0 atom stereocenters. The van der Waals surface area contributed by atoms with Crippen LogP contribution in [0.4, 0.5) is 5.69 Å². The number of hydrogen-bond donors (Lipinski definition) is 1. The highest BCUT2D eigenvalue weighted by Gasteiger charge is 2.21. The zero-order valence-corrected chi connectivity index (χ0v) is 10.9. The molecule has 0 radical (unpaired) electrons. The van der Waals surface area contributed by atoms with Crippen LogP contribution < -0.4 is 25.6 Å². The summed E-state index contributed by atoms with van der Waals surface area (Å²) < 4.78 is 10.2. The van der Waals surface area contributed by atoms with Gasteiger partial charge in [-0.3, -0.25) is 9.59 Å². The maximum atomic E-state index is 11.4. The van der Waals surface area contributed by atoms with Gasteiger partial charge in [-0.15, -0.1) is 0 Å². The average Bonchev–Trinajstić information content (AvgIpc) is 2.46. The SMILES string of the molecule is CCOc1c(NCc2ccc(OC)cc2)c(=O)c1=O. The molecular weight excluding hydrogens is 246 g/mol. The monoisotopic (exact) mass is 261 g/mol. The first-order valence-corrected chi connectivity index (χ1v) is 6.00. The van der Waals surface area contributed by atoms with Crippen LogP contribution in [0, 0.1) is 0 Å². The van der Waals surface area contributed by atoms with Gasteiger partial charge in [0.25, 0.3) is 10.9 Å². The van der Waals surface area contributed by atoms with Crippen LogP contribution in [-0.4, -0.2) is 13.7 Å². The van der Waals surface area contributed by atoms with E-state index in [1.807, 2.05) is 24.3 Å². The van der Waals surface area contributed by atoms with Crippen LogP contribution >= 0.6 is 0 Å². The van der Waals surface area contributed by atoms with E-state index in [9.17, 15) is 9.59 Å². The van der Waals surface area contributed by atoms with Crippen molar-refractivity contribution >= 4 is 5.69 Å². The minimum atomic E-state index is -0.556. The summed E-state index contributed by atoms with van der Waals surface area (Å²) in [6, 6.07) is 7.45. The van der Waals surface area contributed by atoms with Crippen molar-refractivity contribution in [1.82, 2.24) is 0 Å². The Labute approximate surface area is 110 Å². The molecule has 2 aromatic rings. The van der Waals surface area contributed by atoms with Gasteiger partial charge in [0, 0.05) is 6.54 Å². The second-order valence-corrected chi connectivity index (χ2v) is 4.00. The Morgan fingerprint density at radius 1 is 1.11 bits per heavy atom. The summed E-state index contributed by atoms with van der Waals surface area (Å²) in [7, 11) is 1.60. The molecule has 0 bridgehead atoms. The molecule has 0 spiro atoms. The molecule has 5 heteroatoms. The maximum absolute atomic E-state index is 11.4. The van der Waals surface area contributed by atoms with Gasteiger partial charge in [-0.2, -0.15) is 0 Å². The molecular formula is C14H15NO4. The minimum absolute atomic E-state index is 0.140. The first-order valence-electron chi connectivity index (χ1n) is 6.00. The molecule has 5 nitrogen and oxygen atoms in total. The normalized spacial score (nSPS) is 10.4. The summed E-state index contributed by atoms with van der Waals surface area (Å²) in [6.07, 6.45) is 0. The van der Waals surface area contributed by atoms with E-state index >= 15 is 0 Å². The van der Waals surface area contributed by atoms with Gasteiger partial charge in [-0.05, 0) is 24.6 Å². The Bertz CT molecular complexity index is 624. The van der Waals surface area contributed by atoms with E-state index in [1.54, 1.807) is 14.0 Å². The molecule has 0 saturated heterocycles. The fourth-order valence-electron chi connectivity index (χ4n) is 1.75. The Balaban J connectivity index is 2.04. The average molecular weight is 261 g/mol. The molecule has 0 aliphatic rings. The summed E-state index contributed by atoms with van der Waals surface area (Å²) >= 11 is 0. The largest absolute Gasteiger partial charge is 0.497 e. The smallest absolute Gasteiger partial charge is 0.272 e. The molecule has 1 N–H and O–H groups in total. The molecule has 0 amide bonds. The lowest BCUT2D eigenvalue weighted by molar-refractivity contribution is 0.334. The summed E-state index contributed by atoms with van der Waals surface area (Å²) in [5.41, 5.74) is 0.176. The molecule has 0 heterocycles. The molecule has 0 saturated carbocycles. The molecule has 0 aliphatic heterocycles. The molecule has 2 aromatic carbocycles. The van der Waals surface area contributed by atoms with Crippen LogP contribution in [-0.2, 0) is 6.54 Å². The van der Waals surface area contributed by atoms with E-state index in [2.05, 4.69) is 5.32 Å². The molecule has 0 fully saturated rings. The topological polar surface area (TPSA) is 64.6 Å². The fourth-order valence-corrected chi connectivity index (χ4v) is 1.75. The van der Waals surface area contributed by atoms with Gasteiger partial charge in [0.2, 0.25) is 0 Å². The minimum Gasteiger partial charge on any atom is -0.497 e. The molecule has 100 valence electrons. The van der Waals surface area contributed by atoms with Crippen molar-refractivity contribution < 1.29 is 9.47 Å². The highest BCUT2D eigenvalue weighted by molar-refractivity contribution is 5.61. The van der Waals surface area contributed by atoms with Gasteiger partial charge in [0.05, 0.1) is 13.7 Å². The Kier molecular flexibility index (Phi) is 3.85. The number of anilines is 1. The van der Waals surface area contributed by atoms with E-state index in [4.69, 9.17) is 9.47 Å². The lowest BCUT2D eigenvalue weighted by Crippen LogP contribution is -2.35. The molecule has 0 aromatic heterocycles. The summed E-state index contributed by atoms with van der Waals surface area (Å²) in [5.74, 6) is 0.911. The number of benzene rings is 1. The predicted molar refractivity (Wildman–Crippen MR) is 72.8 cm³/mol. The highest BCUT2D eigenvalue weighted by Crippen LogP contribution is 2.19. The van der Waals surface area contributed by atoms with Crippen molar-refractivity contribution in [3.63, 3.8) is 0 Å². The number of ether oxygens (including phenoxy) is 2. The third-order valence-electron chi connectivity index (χ3n) is 2.78. The zero-order chi connectivity index (χ0) is 13.8. The van der Waals surface area contributed by atoms with Gasteiger partial charge in [-0.1, -0.05) is 12.1 Å². The van der Waals surface area contributed by atoms with Gasteiger partial charge >= 0.3 is 0 Å². The Morgan fingerprint density at radius 2 is 1.79 bits per heavy atom. The molecule has 0 unspecified atom stereocenters. The van der Waals surface area contributed by atoms with Gasteiger partial charge in [-0.25, -0.2) is 0 Å². The van der Waals surface area contributed by atoms with Crippen molar-refractivity contribution in [3.8, 4) is 11.5 Å². The van der Waals surface area contributed by atoms with E-state index in [0.717, 1.165) is 11.3 Å². The number of rotatable bonds is 6. The number of methoxy groups -OCH3 is 1. The second-order valence-electron chi connectivity index (χ2n) is 4.00. The third kappa shape index (κ3) is 2.59. The van der Waals surface area contributed by atoms with Crippen molar-refractivity contribution in [2.24, 2.45) is 0 Å². The first-order chi connectivity index (χ1) is 9.17. The summed E-state index contributed by atoms with van der Waals surface area (Å²) in [6.45, 7) is 2.58. The van der Waals surface area contributed by atoms with E-state index in [1.165, 1.54) is 0 Å². The van der Waals surface area contributed by atoms with Crippen LogP contribution in [0.2, 0.25) is 0 Å². The predicted octanol–water partition coefficient (Wildman–Crippen LogP) is 1.30. The van der Waals surface area contributed by atoms with Crippen molar-refractivity contribution in [2.75, 3.05) is 19.0 Å². The lowest BCUT2D eigenvalue weighted by Gasteiger charge is -2.13. The van der Waals surface area contributed by atoms with Crippen molar-refractivity contribution in [1.29, 1.82) is 0 Å². The molecule has 19 heavy (non-hydrogen) atoms. The van der Waals surface area contributed by atoms with Gasteiger partial charge in [0.1, 0.15) is 11.4 Å². The standard InChI is InChI=1S/C14H15NO4/c1-3-19-14-11(12(16)13(14)17)15-8-9-4-6-10(18-2)7-5-9/h4-7,15H,3,8H2,1-2H3. The van der Waals surface area contributed by atoms with Crippen LogP contribution in [0.15, 0.2) is 33.9 Å². The highest BCUT2D eigenvalue weighted by atomic mass is 16.5. The van der Waals surface area contributed by atoms with Crippen LogP contribution in [0.25, 0.3) is 0 Å². The van der Waals surface area contributed by atoms with Gasteiger partial charge < -0.3 is 14.8 Å². The maximum Gasteiger partial charge on any atom is 0.272 e. The second kappa shape index (κ2) is 5.56. The van der Waals surface area contributed by atoms with Crippen molar-refractivity contribution in [2.45, 2.75) is 13.5 Å². The van der Waals surface area contributed by atoms with E-state index in [-0.39, 0.29) is 11.4 Å². The summed E-state index contributed by atoms with van der Waals surface area (Å²) in [4.78, 5) is 22.7. The Morgan fingerprint density at radius 3 is 2.37 bits per heavy atom. The summed E-state index contributed by atoms with van der Waals surface area (Å²) in [5, 5.41) is 2.93. The number of nitrogens with one attached hydrogen (secondary N) is 1. The first kappa shape index (κ1) is 13.1. The lowest BCUT2D eigenvalue weighted by atomic mass is 10.2. The van der Waals surface area contributed by atoms with Crippen LogP contribution in [0.1, 0.15) is 12.5 Å². The van der Waals surface area contributed by atoms with E-state index < -0.39 is 10.9 Å².